The molecule has 0 radical (unpaired) electrons. The number of aldehydes is 1. The summed E-state index contributed by atoms with van der Waals surface area (Å²) in [4.78, 5) is 10.5. The molecule has 2 rings (SSSR count). The molecule has 1 atom stereocenters. The highest BCUT2D eigenvalue weighted by Gasteiger charge is 2.16. The number of hydrogen-bond donors (Lipinski definition) is 1. The van der Waals surface area contributed by atoms with Crippen LogP contribution in [0.15, 0.2) is 18.2 Å². The maximum atomic E-state index is 10.5. The maximum Gasteiger partial charge on any atom is 0.197 e. The molecule has 0 aromatic heterocycles. The lowest BCUT2D eigenvalue weighted by molar-refractivity contribution is -0.0316. The Bertz CT molecular complexity index is 333. The summed E-state index contributed by atoms with van der Waals surface area (Å²) < 4.78 is 5.17. The van der Waals surface area contributed by atoms with E-state index in [0.29, 0.717) is 17.7 Å². The van der Waals surface area contributed by atoms with Gasteiger partial charge < -0.3 is 9.84 Å². The van der Waals surface area contributed by atoms with E-state index in [9.17, 15) is 9.90 Å². The van der Waals surface area contributed by atoms with Gasteiger partial charge >= 0.3 is 0 Å². The Morgan fingerprint density at radius 1 is 1.54 bits per heavy atom. The minimum atomic E-state index is -0.699. The molecule has 0 bridgehead atoms. The van der Waals surface area contributed by atoms with Crippen LogP contribution in [0.2, 0.25) is 0 Å². The minimum Gasteiger partial charge on any atom is -0.465 e. The van der Waals surface area contributed by atoms with E-state index >= 15 is 0 Å². The van der Waals surface area contributed by atoms with Gasteiger partial charge in [-0.1, -0.05) is 0 Å². The first-order valence-electron chi connectivity index (χ1n) is 4.22. The van der Waals surface area contributed by atoms with Gasteiger partial charge in [0.25, 0.3) is 0 Å². The number of aliphatic hydroxyl groups excluding tert-OH is 1. The molecule has 1 aliphatic rings. The highest BCUT2D eigenvalue weighted by atomic mass is 16.6. The van der Waals surface area contributed by atoms with Crippen LogP contribution in [0.1, 0.15) is 22.3 Å². The van der Waals surface area contributed by atoms with Gasteiger partial charge in [-0.05, 0) is 30.2 Å². The molecule has 68 valence electrons. The third-order valence-corrected chi connectivity index (χ3v) is 2.14. The summed E-state index contributed by atoms with van der Waals surface area (Å²) in [6, 6.07) is 5.21. The second kappa shape index (κ2) is 3.18. The number of carbonyl (C=O) groups excluding carboxylic acids is 1. The van der Waals surface area contributed by atoms with E-state index < -0.39 is 6.29 Å². The molecule has 1 aliphatic heterocycles. The predicted octanol–water partition coefficient (Wildman–Crippen LogP) is 1.14. The maximum absolute atomic E-state index is 10.5. The smallest absolute Gasteiger partial charge is 0.197 e. The standard InChI is InChI=1S/C10H10O3/c11-6-7-1-3-9-8(5-7)2-4-10(12)13-9/h1,3,5-6,10,12H,2,4H2/t10-/m1/s1. The lowest BCUT2D eigenvalue weighted by Crippen LogP contribution is -2.21. The Kier molecular flexibility index (Phi) is 2.02. The number of rotatable bonds is 1. The normalized spacial score (nSPS) is 20.2. The highest BCUT2D eigenvalue weighted by Crippen LogP contribution is 2.27. The van der Waals surface area contributed by atoms with Gasteiger partial charge in [0.1, 0.15) is 12.0 Å². The van der Waals surface area contributed by atoms with Crippen molar-refractivity contribution in [3.63, 3.8) is 0 Å². The average Bonchev–Trinajstić information content (AvgIpc) is 2.17. The Labute approximate surface area is 76.0 Å². The van der Waals surface area contributed by atoms with Crippen LogP contribution in [-0.2, 0) is 6.42 Å². The third-order valence-electron chi connectivity index (χ3n) is 2.14. The quantitative estimate of drug-likeness (QED) is 0.656. The first kappa shape index (κ1) is 8.26. The van der Waals surface area contributed by atoms with Crippen LogP contribution in [0.3, 0.4) is 0 Å². The van der Waals surface area contributed by atoms with Crippen molar-refractivity contribution in [1.29, 1.82) is 0 Å². The molecular weight excluding hydrogens is 168 g/mol. The van der Waals surface area contributed by atoms with Crippen molar-refractivity contribution in [3.8, 4) is 5.75 Å². The SMILES string of the molecule is O=Cc1ccc2c(c1)CC[C@H](O)O2. The fourth-order valence-electron chi connectivity index (χ4n) is 1.47. The van der Waals surface area contributed by atoms with E-state index in [0.717, 1.165) is 18.3 Å². The van der Waals surface area contributed by atoms with Crippen LogP contribution in [0.5, 0.6) is 5.75 Å². The molecule has 0 fully saturated rings. The first-order chi connectivity index (χ1) is 6.29. The second-order valence-corrected chi connectivity index (χ2v) is 3.10. The summed E-state index contributed by atoms with van der Waals surface area (Å²) in [5, 5.41) is 9.19. The van der Waals surface area contributed by atoms with E-state index in [1.54, 1.807) is 18.2 Å². The summed E-state index contributed by atoms with van der Waals surface area (Å²) in [6.07, 6.45) is 1.47. The van der Waals surface area contributed by atoms with Gasteiger partial charge in [0, 0.05) is 12.0 Å². The molecule has 1 heterocycles. The minimum absolute atomic E-state index is 0.593. The summed E-state index contributed by atoms with van der Waals surface area (Å²) in [5.41, 5.74) is 1.65. The van der Waals surface area contributed by atoms with Gasteiger partial charge in [-0.3, -0.25) is 4.79 Å². The Balaban J connectivity index is 2.36. The molecule has 0 unspecified atom stereocenters. The second-order valence-electron chi connectivity index (χ2n) is 3.10. The third kappa shape index (κ3) is 1.55. The van der Waals surface area contributed by atoms with E-state index in [2.05, 4.69) is 0 Å². The number of ether oxygens (including phenoxy) is 1. The molecule has 0 saturated carbocycles. The van der Waals surface area contributed by atoms with Gasteiger partial charge in [0.05, 0.1) is 0 Å². The fraction of sp³-hybridized carbons (Fsp3) is 0.300. The van der Waals surface area contributed by atoms with Crippen molar-refractivity contribution < 1.29 is 14.6 Å². The summed E-state index contributed by atoms with van der Waals surface area (Å²) in [7, 11) is 0. The fourth-order valence-corrected chi connectivity index (χ4v) is 1.47. The Hall–Kier alpha value is -1.35. The van der Waals surface area contributed by atoms with Crippen LogP contribution in [-0.4, -0.2) is 17.7 Å². The van der Waals surface area contributed by atoms with Crippen molar-refractivity contribution in [1.82, 2.24) is 0 Å². The van der Waals surface area contributed by atoms with Crippen LogP contribution < -0.4 is 4.74 Å². The predicted molar refractivity (Wildman–Crippen MR) is 46.8 cm³/mol. The largest absolute Gasteiger partial charge is 0.465 e. The van der Waals surface area contributed by atoms with Crippen molar-refractivity contribution >= 4 is 6.29 Å². The number of aliphatic hydroxyl groups is 1. The van der Waals surface area contributed by atoms with Crippen molar-refractivity contribution in [2.75, 3.05) is 0 Å². The average molecular weight is 178 g/mol. The van der Waals surface area contributed by atoms with Gasteiger partial charge in [-0.15, -0.1) is 0 Å². The van der Waals surface area contributed by atoms with Gasteiger partial charge in [-0.25, -0.2) is 0 Å². The molecule has 0 aliphatic carbocycles. The summed E-state index contributed by atoms with van der Waals surface area (Å²) in [6.45, 7) is 0. The topological polar surface area (TPSA) is 46.5 Å². The van der Waals surface area contributed by atoms with Crippen LogP contribution >= 0.6 is 0 Å². The molecule has 1 aromatic carbocycles. The van der Waals surface area contributed by atoms with Crippen LogP contribution in [0.4, 0.5) is 0 Å². The summed E-state index contributed by atoms with van der Waals surface area (Å²) in [5.74, 6) is 0.685. The summed E-state index contributed by atoms with van der Waals surface area (Å²) >= 11 is 0. The number of fused-ring (bicyclic) bond motifs is 1. The molecule has 1 aromatic rings. The van der Waals surface area contributed by atoms with Gasteiger partial charge in [0.15, 0.2) is 6.29 Å². The molecule has 0 saturated heterocycles. The lowest BCUT2D eigenvalue weighted by Gasteiger charge is -2.21. The molecule has 0 amide bonds. The molecule has 3 nitrogen and oxygen atoms in total. The number of benzene rings is 1. The van der Waals surface area contributed by atoms with Crippen LogP contribution in [0, 0.1) is 0 Å². The molecule has 13 heavy (non-hydrogen) atoms. The van der Waals surface area contributed by atoms with Crippen LogP contribution in [0.25, 0.3) is 0 Å². The molecule has 3 heteroatoms. The monoisotopic (exact) mass is 178 g/mol. The zero-order valence-electron chi connectivity index (χ0n) is 7.06. The zero-order valence-corrected chi connectivity index (χ0v) is 7.06. The first-order valence-corrected chi connectivity index (χ1v) is 4.22. The number of aryl methyl sites for hydroxylation is 1. The van der Waals surface area contributed by atoms with E-state index in [4.69, 9.17) is 4.74 Å². The molecule has 1 N–H and O–H groups in total. The Morgan fingerprint density at radius 2 is 2.38 bits per heavy atom. The van der Waals surface area contributed by atoms with Crippen molar-refractivity contribution in [2.45, 2.75) is 19.1 Å². The highest BCUT2D eigenvalue weighted by molar-refractivity contribution is 5.75. The molecule has 0 spiro atoms. The lowest BCUT2D eigenvalue weighted by atomic mass is 10.0. The van der Waals surface area contributed by atoms with E-state index in [1.807, 2.05) is 0 Å². The number of carbonyl (C=O) groups is 1. The van der Waals surface area contributed by atoms with E-state index in [-0.39, 0.29) is 0 Å². The zero-order chi connectivity index (χ0) is 9.26. The Morgan fingerprint density at radius 3 is 3.15 bits per heavy atom. The van der Waals surface area contributed by atoms with Crippen molar-refractivity contribution in [2.24, 2.45) is 0 Å². The van der Waals surface area contributed by atoms with Crippen molar-refractivity contribution in [3.05, 3.63) is 29.3 Å². The van der Waals surface area contributed by atoms with Gasteiger partial charge in [-0.2, -0.15) is 0 Å². The molecular formula is C10H10O3. The number of hydrogen-bond acceptors (Lipinski definition) is 3. The van der Waals surface area contributed by atoms with Gasteiger partial charge in [0.2, 0.25) is 0 Å². The van der Waals surface area contributed by atoms with E-state index in [1.165, 1.54) is 0 Å².